The van der Waals surface area contributed by atoms with E-state index in [1.807, 2.05) is 6.07 Å². The second-order valence-corrected chi connectivity index (χ2v) is 14.9. The quantitative estimate of drug-likeness (QED) is 0.183. The van der Waals surface area contributed by atoms with Crippen molar-refractivity contribution in [1.29, 1.82) is 0 Å². The minimum absolute atomic E-state index is 0.720. The van der Waals surface area contributed by atoms with Crippen LogP contribution in [-0.4, -0.2) is 18.9 Å². The molecule has 4 nitrogen and oxygen atoms in total. The summed E-state index contributed by atoms with van der Waals surface area (Å²) in [6.07, 6.45) is 0. The van der Waals surface area contributed by atoms with E-state index >= 15 is 0 Å². The van der Waals surface area contributed by atoms with Crippen molar-refractivity contribution in [2.75, 3.05) is 0 Å². The molecule has 0 aliphatic carbocycles. The van der Waals surface area contributed by atoms with E-state index in [4.69, 9.17) is 9.97 Å². The molecule has 4 aromatic heterocycles. The maximum Gasteiger partial charge on any atom is 0.161 e. The summed E-state index contributed by atoms with van der Waals surface area (Å²) in [5.74, 6) is 0.720. The number of fused-ring (bicyclic) bond motifs is 14. The highest BCUT2D eigenvalue weighted by atomic mass is 15.0. The molecule has 0 bridgehead atoms. The van der Waals surface area contributed by atoms with Crippen molar-refractivity contribution in [3.8, 4) is 28.3 Å². The average molecular weight is 711 g/mol. The summed E-state index contributed by atoms with van der Waals surface area (Å²) in [5, 5.41) is 13.5. The van der Waals surface area contributed by atoms with Crippen LogP contribution in [0.5, 0.6) is 0 Å². The molecule has 4 heteroatoms. The largest absolute Gasteiger partial charge is 0.308 e. The van der Waals surface area contributed by atoms with Crippen LogP contribution in [0.15, 0.2) is 182 Å². The van der Waals surface area contributed by atoms with Gasteiger partial charge in [0.1, 0.15) is 0 Å². The van der Waals surface area contributed by atoms with Crippen LogP contribution in [0.2, 0.25) is 0 Å². The molecule has 13 aromatic rings. The van der Waals surface area contributed by atoms with Crippen LogP contribution in [-0.2, 0) is 0 Å². The first-order valence-corrected chi connectivity index (χ1v) is 19.2. The van der Waals surface area contributed by atoms with Gasteiger partial charge < -0.3 is 8.97 Å². The number of rotatable bonds is 3. The van der Waals surface area contributed by atoms with Crippen molar-refractivity contribution in [3.63, 3.8) is 0 Å². The van der Waals surface area contributed by atoms with E-state index in [1.165, 1.54) is 70.7 Å². The molecule has 0 unspecified atom stereocenters. The van der Waals surface area contributed by atoms with Crippen molar-refractivity contribution in [2.45, 2.75) is 0 Å². The normalized spacial score (nSPS) is 12.3. The molecule has 13 rings (SSSR count). The number of para-hydroxylation sites is 3. The molecule has 56 heavy (non-hydrogen) atoms. The number of aromatic nitrogens is 4. The lowest BCUT2D eigenvalue weighted by molar-refractivity contribution is 1.20. The Labute approximate surface area is 320 Å². The van der Waals surface area contributed by atoms with Gasteiger partial charge in [-0.1, -0.05) is 146 Å². The van der Waals surface area contributed by atoms with Crippen LogP contribution < -0.4 is 0 Å². The van der Waals surface area contributed by atoms with Gasteiger partial charge in [-0.3, -0.25) is 0 Å². The van der Waals surface area contributed by atoms with Gasteiger partial charge in [0.15, 0.2) is 5.82 Å². The molecule has 0 radical (unpaired) electrons. The van der Waals surface area contributed by atoms with Gasteiger partial charge in [0.25, 0.3) is 0 Å². The summed E-state index contributed by atoms with van der Waals surface area (Å²) in [6, 6.07) is 65.7. The SMILES string of the molecule is c1ccc(-c2nc(-c3ccc(-n4c5ccc6c(c7cccc8c9ccccc9n6c87)c5c5ccc6ccccc6c54)c4ccccc34)nc3ccccc23)cc1. The van der Waals surface area contributed by atoms with Gasteiger partial charge in [-0.05, 0) is 47.2 Å². The molecular weight excluding hydrogens is 681 g/mol. The molecule has 0 amide bonds. The Hall–Kier alpha value is -7.56. The summed E-state index contributed by atoms with van der Waals surface area (Å²) in [4.78, 5) is 10.5. The standard InChI is InChI=1S/C52H30N4/c1-2-14-32(15-3-1)49-39-20-8-10-23-42(39)53-52(54-49)38-27-28-44(35-18-7-6-17-34(35)38)56-46-30-29-45-47(48(46)41-26-25-31-13-4-5-16-33(31)50(41)56)40-22-12-21-37-36-19-9-11-24-43(36)55(45)51(37)40/h1-30H. The molecule has 0 spiro atoms. The molecule has 0 fully saturated rings. The molecular formula is C52H30N4. The zero-order valence-corrected chi connectivity index (χ0v) is 30.1. The molecule has 258 valence electrons. The predicted octanol–water partition coefficient (Wildman–Crippen LogP) is 13.5. The van der Waals surface area contributed by atoms with E-state index in [1.54, 1.807) is 0 Å². The first-order valence-electron chi connectivity index (χ1n) is 19.2. The van der Waals surface area contributed by atoms with E-state index in [2.05, 4.69) is 185 Å². The summed E-state index contributed by atoms with van der Waals surface area (Å²) in [7, 11) is 0. The van der Waals surface area contributed by atoms with Gasteiger partial charge in [0.2, 0.25) is 0 Å². The van der Waals surface area contributed by atoms with Crippen LogP contribution in [0.4, 0.5) is 0 Å². The highest BCUT2D eigenvalue weighted by Crippen LogP contribution is 2.47. The predicted molar refractivity (Wildman–Crippen MR) is 234 cm³/mol. The van der Waals surface area contributed by atoms with Crippen molar-refractivity contribution >= 4 is 92.3 Å². The van der Waals surface area contributed by atoms with E-state index in [-0.39, 0.29) is 0 Å². The highest BCUT2D eigenvalue weighted by molar-refractivity contribution is 6.34. The van der Waals surface area contributed by atoms with Gasteiger partial charge in [-0.15, -0.1) is 0 Å². The summed E-state index contributed by atoms with van der Waals surface area (Å²) in [5.41, 5.74) is 11.3. The Morgan fingerprint density at radius 1 is 0.357 bits per heavy atom. The van der Waals surface area contributed by atoms with Gasteiger partial charge in [0.05, 0.1) is 44.5 Å². The second-order valence-electron chi connectivity index (χ2n) is 14.9. The first-order chi connectivity index (χ1) is 27.8. The molecule has 4 heterocycles. The van der Waals surface area contributed by atoms with Crippen LogP contribution in [0.1, 0.15) is 0 Å². The van der Waals surface area contributed by atoms with E-state index in [9.17, 15) is 0 Å². The Morgan fingerprint density at radius 3 is 1.91 bits per heavy atom. The molecule has 0 atom stereocenters. The molecule has 0 saturated carbocycles. The average Bonchev–Trinajstić information content (AvgIpc) is 3.91. The fraction of sp³-hybridized carbons (Fsp3) is 0. The van der Waals surface area contributed by atoms with E-state index < -0.39 is 0 Å². The van der Waals surface area contributed by atoms with Crippen LogP contribution in [0, 0.1) is 0 Å². The molecule has 0 saturated heterocycles. The molecule has 0 aliphatic heterocycles. The van der Waals surface area contributed by atoms with Gasteiger partial charge in [0, 0.05) is 59.6 Å². The number of benzene rings is 9. The van der Waals surface area contributed by atoms with Crippen molar-refractivity contribution in [1.82, 2.24) is 18.9 Å². The third-order valence-electron chi connectivity index (χ3n) is 12.0. The van der Waals surface area contributed by atoms with Crippen LogP contribution in [0.25, 0.3) is 121 Å². The smallest absolute Gasteiger partial charge is 0.161 e. The minimum atomic E-state index is 0.720. The zero-order chi connectivity index (χ0) is 36.5. The first kappa shape index (κ1) is 29.8. The fourth-order valence-corrected chi connectivity index (χ4v) is 9.72. The summed E-state index contributed by atoms with van der Waals surface area (Å²) in [6.45, 7) is 0. The fourth-order valence-electron chi connectivity index (χ4n) is 9.72. The Bertz CT molecular complexity index is 3760. The van der Waals surface area contributed by atoms with Gasteiger partial charge in [-0.25, -0.2) is 9.97 Å². The Morgan fingerprint density at radius 2 is 1.02 bits per heavy atom. The summed E-state index contributed by atoms with van der Waals surface area (Å²) < 4.78 is 5.00. The second kappa shape index (κ2) is 11.0. The van der Waals surface area contributed by atoms with Crippen molar-refractivity contribution in [3.05, 3.63) is 182 Å². The van der Waals surface area contributed by atoms with Gasteiger partial charge in [-0.2, -0.15) is 0 Å². The number of hydrogen-bond donors (Lipinski definition) is 0. The minimum Gasteiger partial charge on any atom is -0.308 e. The highest BCUT2D eigenvalue weighted by Gasteiger charge is 2.24. The van der Waals surface area contributed by atoms with Crippen molar-refractivity contribution < 1.29 is 0 Å². The lowest BCUT2D eigenvalue weighted by Gasteiger charge is -2.16. The monoisotopic (exact) mass is 710 g/mol. The zero-order valence-electron chi connectivity index (χ0n) is 30.1. The Kier molecular flexibility index (Phi) is 5.86. The molecule has 9 aromatic carbocycles. The summed E-state index contributed by atoms with van der Waals surface area (Å²) >= 11 is 0. The maximum absolute atomic E-state index is 5.30. The molecule has 0 aliphatic rings. The lowest BCUT2D eigenvalue weighted by atomic mass is 10.0. The lowest BCUT2D eigenvalue weighted by Crippen LogP contribution is -1.99. The Balaban J connectivity index is 1.15. The maximum atomic E-state index is 5.30. The third-order valence-corrected chi connectivity index (χ3v) is 12.0. The van der Waals surface area contributed by atoms with E-state index in [0.717, 1.165) is 50.0 Å². The van der Waals surface area contributed by atoms with Crippen molar-refractivity contribution in [2.24, 2.45) is 0 Å². The number of hydrogen-bond acceptors (Lipinski definition) is 2. The van der Waals surface area contributed by atoms with Crippen LogP contribution in [0.3, 0.4) is 0 Å². The van der Waals surface area contributed by atoms with E-state index in [0.29, 0.717) is 0 Å². The van der Waals surface area contributed by atoms with Crippen LogP contribution >= 0.6 is 0 Å². The number of nitrogens with zero attached hydrogens (tertiary/aromatic N) is 4. The van der Waals surface area contributed by atoms with Gasteiger partial charge >= 0.3 is 0 Å². The molecule has 0 N–H and O–H groups in total. The topological polar surface area (TPSA) is 35.1 Å². The third kappa shape index (κ3) is 3.87.